The standard InChI is InChI=1S/C13H23N3OS/c1-11-7-15(8-12-6-14-10-18-12)4-5-16(11)9-13(2,3)17/h6,10-11,17H,4-5,7-9H2,1-3H3/t11-/m1/s1. The summed E-state index contributed by atoms with van der Waals surface area (Å²) in [4.78, 5) is 10.3. The van der Waals surface area contributed by atoms with Gasteiger partial charge in [-0.05, 0) is 20.8 Å². The Morgan fingerprint density at radius 2 is 2.28 bits per heavy atom. The van der Waals surface area contributed by atoms with Gasteiger partial charge in [-0.3, -0.25) is 14.8 Å². The van der Waals surface area contributed by atoms with Gasteiger partial charge in [0.15, 0.2) is 0 Å². The summed E-state index contributed by atoms with van der Waals surface area (Å²) >= 11 is 1.72. The lowest BCUT2D eigenvalue weighted by molar-refractivity contribution is -0.00490. The minimum absolute atomic E-state index is 0.498. The maximum Gasteiger partial charge on any atom is 0.0794 e. The van der Waals surface area contributed by atoms with Crippen molar-refractivity contribution in [2.45, 2.75) is 39.0 Å². The molecule has 0 unspecified atom stereocenters. The van der Waals surface area contributed by atoms with Crippen molar-refractivity contribution >= 4 is 11.3 Å². The van der Waals surface area contributed by atoms with Crippen LogP contribution in [0.15, 0.2) is 11.7 Å². The second-order valence-corrected chi connectivity index (χ2v) is 6.81. The highest BCUT2D eigenvalue weighted by Gasteiger charge is 2.27. The average Bonchev–Trinajstić information content (AvgIpc) is 2.73. The van der Waals surface area contributed by atoms with E-state index in [0.29, 0.717) is 6.04 Å². The fourth-order valence-electron chi connectivity index (χ4n) is 2.49. The molecule has 0 amide bonds. The van der Waals surface area contributed by atoms with Crippen LogP contribution in [0.3, 0.4) is 0 Å². The van der Waals surface area contributed by atoms with Gasteiger partial charge < -0.3 is 5.11 Å². The molecule has 4 nitrogen and oxygen atoms in total. The van der Waals surface area contributed by atoms with Gasteiger partial charge in [-0.15, -0.1) is 11.3 Å². The van der Waals surface area contributed by atoms with Gasteiger partial charge >= 0.3 is 0 Å². The van der Waals surface area contributed by atoms with Crippen LogP contribution in [0, 0.1) is 0 Å². The van der Waals surface area contributed by atoms with E-state index in [-0.39, 0.29) is 0 Å². The highest BCUT2D eigenvalue weighted by molar-refractivity contribution is 7.09. The molecule has 1 aliphatic rings. The molecule has 1 aromatic heterocycles. The molecule has 0 spiro atoms. The summed E-state index contributed by atoms with van der Waals surface area (Å²) < 4.78 is 0. The van der Waals surface area contributed by atoms with Crippen LogP contribution < -0.4 is 0 Å². The quantitative estimate of drug-likeness (QED) is 0.897. The molecule has 5 heteroatoms. The predicted octanol–water partition coefficient (Wildman–Crippen LogP) is 1.42. The molecular formula is C13H23N3OS. The number of nitrogens with zero attached hydrogens (tertiary/aromatic N) is 3. The van der Waals surface area contributed by atoms with Gasteiger partial charge in [0, 0.05) is 49.8 Å². The average molecular weight is 269 g/mol. The van der Waals surface area contributed by atoms with E-state index in [4.69, 9.17) is 0 Å². The maximum absolute atomic E-state index is 9.90. The van der Waals surface area contributed by atoms with Gasteiger partial charge in [-0.25, -0.2) is 0 Å². The molecule has 18 heavy (non-hydrogen) atoms. The van der Waals surface area contributed by atoms with Crippen molar-refractivity contribution in [3.05, 3.63) is 16.6 Å². The third kappa shape index (κ3) is 4.02. The Morgan fingerprint density at radius 1 is 1.50 bits per heavy atom. The van der Waals surface area contributed by atoms with Crippen molar-refractivity contribution < 1.29 is 5.11 Å². The highest BCUT2D eigenvalue weighted by Crippen LogP contribution is 2.17. The van der Waals surface area contributed by atoms with Crippen LogP contribution >= 0.6 is 11.3 Å². The summed E-state index contributed by atoms with van der Waals surface area (Å²) in [5.41, 5.74) is 1.29. The Hall–Kier alpha value is -0.490. The Kier molecular flexibility index (Phi) is 4.37. The zero-order valence-electron chi connectivity index (χ0n) is 11.5. The molecule has 1 aromatic rings. The molecule has 1 N–H and O–H groups in total. The molecule has 2 heterocycles. The van der Waals surface area contributed by atoms with Gasteiger partial charge in [0.25, 0.3) is 0 Å². The molecule has 0 bridgehead atoms. The molecule has 1 atom stereocenters. The van der Waals surface area contributed by atoms with Crippen molar-refractivity contribution in [1.29, 1.82) is 0 Å². The summed E-state index contributed by atoms with van der Waals surface area (Å²) in [6.45, 7) is 10.9. The minimum atomic E-state index is -0.603. The molecule has 0 radical (unpaired) electrons. The number of thiazole rings is 1. The van der Waals surface area contributed by atoms with Crippen LogP contribution in [0.5, 0.6) is 0 Å². The summed E-state index contributed by atoms with van der Waals surface area (Å²) in [5, 5.41) is 9.90. The number of β-amino-alcohol motifs (C(OH)–C–C–N with tert-alkyl or cyclic N) is 1. The monoisotopic (exact) mass is 269 g/mol. The number of rotatable bonds is 4. The largest absolute Gasteiger partial charge is 0.389 e. The topological polar surface area (TPSA) is 39.6 Å². The number of hydrogen-bond donors (Lipinski definition) is 1. The van der Waals surface area contributed by atoms with E-state index in [1.807, 2.05) is 25.6 Å². The van der Waals surface area contributed by atoms with Crippen molar-refractivity contribution in [1.82, 2.24) is 14.8 Å². The molecule has 0 aromatic carbocycles. The van der Waals surface area contributed by atoms with Gasteiger partial charge in [0.05, 0.1) is 11.1 Å². The first-order chi connectivity index (χ1) is 8.44. The zero-order chi connectivity index (χ0) is 13.2. The van der Waals surface area contributed by atoms with Crippen LogP contribution in [0.25, 0.3) is 0 Å². The van der Waals surface area contributed by atoms with Crippen molar-refractivity contribution in [2.75, 3.05) is 26.2 Å². The lowest BCUT2D eigenvalue weighted by atomic mass is 10.1. The predicted molar refractivity (Wildman–Crippen MR) is 74.7 cm³/mol. The van der Waals surface area contributed by atoms with Crippen LogP contribution in [0.1, 0.15) is 25.6 Å². The molecule has 102 valence electrons. The first-order valence-electron chi connectivity index (χ1n) is 6.50. The Labute approximate surface area is 113 Å². The molecule has 0 saturated carbocycles. The van der Waals surface area contributed by atoms with Gasteiger partial charge in [-0.2, -0.15) is 0 Å². The summed E-state index contributed by atoms with van der Waals surface area (Å²) in [7, 11) is 0. The van der Waals surface area contributed by atoms with E-state index in [1.54, 1.807) is 11.3 Å². The van der Waals surface area contributed by atoms with Crippen molar-refractivity contribution in [3.8, 4) is 0 Å². The molecule has 0 aliphatic carbocycles. The van der Waals surface area contributed by atoms with Crippen LogP contribution in [0.2, 0.25) is 0 Å². The molecule has 1 fully saturated rings. The normalized spacial score (nSPS) is 23.4. The van der Waals surface area contributed by atoms with Crippen molar-refractivity contribution in [2.24, 2.45) is 0 Å². The lowest BCUT2D eigenvalue weighted by Crippen LogP contribution is -2.54. The summed E-state index contributed by atoms with van der Waals surface area (Å²) in [5.74, 6) is 0. The Morgan fingerprint density at radius 3 is 2.83 bits per heavy atom. The number of piperazine rings is 1. The molecule has 1 saturated heterocycles. The third-order valence-electron chi connectivity index (χ3n) is 3.30. The van der Waals surface area contributed by atoms with Crippen LogP contribution in [0.4, 0.5) is 0 Å². The smallest absolute Gasteiger partial charge is 0.0794 e. The Bertz CT molecular complexity index is 361. The zero-order valence-corrected chi connectivity index (χ0v) is 12.3. The number of hydrogen-bond acceptors (Lipinski definition) is 5. The lowest BCUT2D eigenvalue weighted by Gasteiger charge is -2.41. The van der Waals surface area contributed by atoms with Gasteiger partial charge in [0.2, 0.25) is 0 Å². The second kappa shape index (κ2) is 5.65. The molecule has 1 aliphatic heterocycles. The van der Waals surface area contributed by atoms with Crippen LogP contribution in [-0.2, 0) is 6.54 Å². The van der Waals surface area contributed by atoms with Gasteiger partial charge in [-0.1, -0.05) is 0 Å². The SMILES string of the molecule is C[C@@H]1CN(Cc2cncs2)CCN1CC(C)(C)O. The molecular weight excluding hydrogens is 246 g/mol. The highest BCUT2D eigenvalue weighted by atomic mass is 32.1. The summed E-state index contributed by atoms with van der Waals surface area (Å²) in [6.07, 6.45) is 1.96. The van der Waals surface area contributed by atoms with Gasteiger partial charge in [0.1, 0.15) is 0 Å². The summed E-state index contributed by atoms with van der Waals surface area (Å²) in [6, 6.07) is 0.498. The first kappa shape index (κ1) is 13.9. The Balaban J connectivity index is 1.84. The number of aromatic nitrogens is 1. The van der Waals surface area contributed by atoms with E-state index in [9.17, 15) is 5.11 Å². The van der Waals surface area contributed by atoms with E-state index in [2.05, 4.69) is 21.7 Å². The maximum atomic E-state index is 9.90. The van der Waals surface area contributed by atoms with Crippen LogP contribution in [-0.4, -0.2) is 57.7 Å². The second-order valence-electron chi connectivity index (χ2n) is 5.83. The number of aliphatic hydroxyl groups is 1. The minimum Gasteiger partial charge on any atom is -0.389 e. The third-order valence-corrected chi connectivity index (χ3v) is 4.07. The van der Waals surface area contributed by atoms with Crippen molar-refractivity contribution in [3.63, 3.8) is 0 Å². The first-order valence-corrected chi connectivity index (χ1v) is 7.38. The fraction of sp³-hybridized carbons (Fsp3) is 0.769. The van der Waals surface area contributed by atoms with E-state index < -0.39 is 5.60 Å². The fourth-order valence-corrected chi connectivity index (χ4v) is 3.12. The van der Waals surface area contributed by atoms with E-state index in [1.165, 1.54) is 4.88 Å². The molecule has 2 rings (SSSR count). The van der Waals surface area contributed by atoms with E-state index in [0.717, 1.165) is 32.7 Å². The van der Waals surface area contributed by atoms with E-state index >= 15 is 0 Å².